The first-order chi connectivity index (χ1) is 9.57. The summed E-state index contributed by atoms with van der Waals surface area (Å²) in [7, 11) is -2.56. The van der Waals surface area contributed by atoms with Gasteiger partial charge in [-0.05, 0) is 24.1 Å². The van der Waals surface area contributed by atoms with Gasteiger partial charge in [0.2, 0.25) is 0 Å². The molecule has 0 saturated carbocycles. The summed E-state index contributed by atoms with van der Waals surface area (Å²) in [5.74, 6) is 0. The van der Waals surface area contributed by atoms with E-state index < -0.39 is 16.1 Å². The van der Waals surface area contributed by atoms with Crippen LogP contribution in [0.2, 0.25) is 39.3 Å². The van der Waals surface area contributed by atoms with E-state index in [4.69, 9.17) is 0 Å². The average Bonchev–Trinajstić information content (AvgIpc) is 2.75. The summed E-state index contributed by atoms with van der Waals surface area (Å²) in [6.07, 6.45) is 7.34. The van der Waals surface area contributed by atoms with Gasteiger partial charge in [-0.1, -0.05) is 91.7 Å². The fourth-order valence-electron chi connectivity index (χ4n) is 2.57. The van der Waals surface area contributed by atoms with Gasteiger partial charge in [0.25, 0.3) is 0 Å². The maximum Gasteiger partial charge on any atom is 0.0783 e. The Kier molecular flexibility index (Phi) is 4.32. The van der Waals surface area contributed by atoms with E-state index >= 15 is 0 Å². The first kappa shape index (κ1) is 16.2. The molecule has 1 aliphatic carbocycles. The molecule has 0 aliphatic heterocycles. The molecule has 1 aromatic rings. The fraction of sp³-hybridized carbons (Fsp3) is 0.368. The molecule has 0 unspecified atom stereocenters. The Balaban J connectivity index is 2.47. The van der Waals surface area contributed by atoms with E-state index in [2.05, 4.69) is 88.7 Å². The van der Waals surface area contributed by atoms with Crippen LogP contribution in [0.4, 0.5) is 0 Å². The van der Waals surface area contributed by atoms with Crippen LogP contribution in [0, 0.1) is 6.92 Å². The summed E-state index contributed by atoms with van der Waals surface area (Å²) in [6.45, 7) is 16.8. The average molecular weight is 313 g/mol. The van der Waals surface area contributed by atoms with Crippen LogP contribution in [-0.4, -0.2) is 16.1 Å². The Morgan fingerprint density at radius 2 is 1.33 bits per heavy atom. The highest BCUT2D eigenvalue weighted by Gasteiger charge is 2.29. The van der Waals surface area contributed by atoms with Crippen LogP contribution in [0.25, 0.3) is 6.08 Å². The highest BCUT2D eigenvalue weighted by atomic mass is 28.3. The molecule has 0 atom stereocenters. The summed E-state index contributed by atoms with van der Waals surface area (Å²) in [4.78, 5) is 0. The molecule has 0 nitrogen and oxygen atoms in total. The summed E-state index contributed by atoms with van der Waals surface area (Å²) >= 11 is 0. The van der Waals surface area contributed by atoms with E-state index in [-0.39, 0.29) is 0 Å². The minimum atomic E-state index is -1.31. The number of hydrogen-bond acceptors (Lipinski definition) is 0. The summed E-state index contributed by atoms with van der Waals surface area (Å²) < 4.78 is 0. The van der Waals surface area contributed by atoms with Crippen molar-refractivity contribution in [2.45, 2.75) is 46.2 Å². The van der Waals surface area contributed by atoms with Crippen molar-refractivity contribution >= 4 is 22.2 Å². The number of hydrogen-bond donors (Lipinski definition) is 0. The molecule has 0 fully saturated rings. The summed E-state index contributed by atoms with van der Waals surface area (Å²) in [5.41, 5.74) is 4.09. The molecule has 0 N–H and O–H groups in total. The molecule has 0 aromatic heterocycles. The van der Waals surface area contributed by atoms with Gasteiger partial charge < -0.3 is 0 Å². The lowest BCUT2D eigenvalue weighted by molar-refractivity contribution is 1.46. The van der Waals surface area contributed by atoms with Crippen molar-refractivity contribution < 1.29 is 0 Å². The molecule has 21 heavy (non-hydrogen) atoms. The third-order valence-corrected chi connectivity index (χ3v) is 8.07. The predicted molar refractivity (Wildman–Crippen MR) is 102 cm³/mol. The molecule has 2 heteroatoms. The van der Waals surface area contributed by atoms with E-state index in [1.165, 1.54) is 16.7 Å². The normalized spacial score (nSPS) is 18.0. The molecule has 1 aromatic carbocycles. The third-order valence-electron chi connectivity index (χ3n) is 4.00. The van der Waals surface area contributed by atoms with Crippen LogP contribution in [0.1, 0.15) is 11.1 Å². The van der Waals surface area contributed by atoms with E-state index in [9.17, 15) is 0 Å². The van der Waals surface area contributed by atoms with Gasteiger partial charge in [0.05, 0.1) is 16.1 Å². The molecule has 0 radical (unpaired) electrons. The summed E-state index contributed by atoms with van der Waals surface area (Å²) in [5, 5.41) is 3.21. The minimum absolute atomic E-state index is 1.25. The van der Waals surface area contributed by atoms with Gasteiger partial charge in [-0.25, -0.2) is 0 Å². The van der Waals surface area contributed by atoms with Crippen molar-refractivity contribution in [2.75, 3.05) is 0 Å². The quantitative estimate of drug-likeness (QED) is 0.600. The summed E-state index contributed by atoms with van der Waals surface area (Å²) in [6, 6.07) is 8.85. The van der Waals surface area contributed by atoms with Crippen LogP contribution < -0.4 is 0 Å². The van der Waals surface area contributed by atoms with Crippen molar-refractivity contribution in [3.05, 3.63) is 63.5 Å². The minimum Gasteiger partial charge on any atom is -0.0656 e. The van der Waals surface area contributed by atoms with E-state index in [1.54, 1.807) is 10.4 Å². The smallest absolute Gasteiger partial charge is 0.0656 e. The van der Waals surface area contributed by atoms with Crippen molar-refractivity contribution in [3.63, 3.8) is 0 Å². The van der Waals surface area contributed by atoms with Crippen molar-refractivity contribution in [2.24, 2.45) is 0 Å². The van der Waals surface area contributed by atoms with E-state index in [1.807, 2.05) is 0 Å². The Morgan fingerprint density at radius 1 is 0.762 bits per heavy atom. The Labute approximate surface area is 132 Å². The highest BCUT2D eigenvalue weighted by Crippen LogP contribution is 2.35. The number of allylic oxidation sites excluding steroid dienone is 5. The zero-order valence-electron chi connectivity index (χ0n) is 14.5. The number of benzene rings is 1. The Morgan fingerprint density at radius 3 is 1.81 bits per heavy atom. The van der Waals surface area contributed by atoms with Crippen LogP contribution in [0.3, 0.4) is 0 Å². The van der Waals surface area contributed by atoms with Crippen LogP contribution in [0.5, 0.6) is 0 Å². The molecule has 0 saturated heterocycles. The lowest BCUT2D eigenvalue weighted by atomic mass is 10.1. The first-order valence-corrected chi connectivity index (χ1v) is 14.8. The Bertz CT molecular complexity index is 615. The van der Waals surface area contributed by atoms with Gasteiger partial charge in [0.1, 0.15) is 0 Å². The van der Waals surface area contributed by atoms with Crippen molar-refractivity contribution in [1.82, 2.24) is 0 Å². The monoisotopic (exact) mass is 312 g/mol. The number of aryl methyl sites for hydroxylation is 1. The molecular weight excluding hydrogens is 284 g/mol. The standard InChI is InChI=1S/C19H28Si2/c1-15-8-10-16(11-9-15)12-17-13-18(20(2,3)4)14-19(17)21(5,6)7/h8-14H,1-7H3/b17-12+. The van der Waals surface area contributed by atoms with Gasteiger partial charge in [-0.15, -0.1) is 0 Å². The molecule has 112 valence electrons. The maximum atomic E-state index is 2.51. The SMILES string of the molecule is Cc1ccc(/C=C2\C=C([Si](C)(C)C)C=C2[Si](C)(C)C)cc1. The molecule has 1 aliphatic rings. The van der Waals surface area contributed by atoms with E-state index in [0.717, 1.165) is 0 Å². The van der Waals surface area contributed by atoms with Gasteiger partial charge in [-0.3, -0.25) is 0 Å². The van der Waals surface area contributed by atoms with Gasteiger partial charge >= 0.3 is 0 Å². The molecule has 0 amide bonds. The molecule has 2 rings (SSSR count). The Hall–Kier alpha value is -1.13. The van der Waals surface area contributed by atoms with Gasteiger partial charge in [0, 0.05) is 0 Å². The fourth-order valence-corrected chi connectivity index (χ4v) is 5.48. The molecular formula is C19H28Si2. The van der Waals surface area contributed by atoms with Crippen molar-refractivity contribution in [1.29, 1.82) is 0 Å². The predicted octanol–water partition coefficient (Wildman–Crippen LogP) is 6.00. The van der Waals surface area contributed by atoms with Crippen LogP contribution >= 0.6 is 0 Å². The lowest BCUT2D eigenvalue weighted by Gasteiger charge is -2.20. The molecule has 0 bridgehead atoms. The van der Waals surface area contributed by atoms with Gasteiger partial charge in [-0.2, -0.15) is 0 Å². The second-order valence-electron chi connectivity index (χ2n) is 8.17. The molecule has 0 spiro atoms. The van der Waals surface area contributed by atoms with E-state index in [0.29, 0.717) is 0 Å². The second kappa shape index (κ2) is 5.58. The topological polar surface area (TPSA) is 0 Å². The number of rotatable bonds is 3. The maximum absolute atomic E-state index is 2.51. The zero-order chi connectivity index (χ0) is 15.8. The largest absolute Gasteiger partial charge is 0.0783 e. The molecule has 0 heterocycles. The van der Waals surface area contributed by atoms with Gasteiger partial charge in [0.15, 0.2) is 0 Å². The first-order valence-electron chi connectivity index (χ1n) is 7.80. The lowest BCUT2D eigenvalue weighted by Crippen LogP contribution is -2.25. The van der Waals surface area contributed by atoms with Crippen molar-refractivity contribution in [3.8, 4) is 0 Å². The highest BCUT2D eigenvalue weighted by molar-refractivity contribution is 6.87. The zero-order valence-corrected chi connectivity index (χ0v) is 16.5. The van der Waals surface area contributed by atoms with Crippen LogP contribution in [0.15, 0.2) is 52.4 Å². The second-order valence-corrected chi connectivity index (χ2v) is 18.3. The van der Waals surface area contributed by atoms with Crippen LogP contribution in [-0.2, 0) is 0 Å². The third kappa shape index (κ3) is 3.95.